The molecule has 1 aliphatic rings. The van der Waals surface area contributed by atoms with Crippen LogP contribution in [0.2, 0.25) is 0 Å². The van der Waals surface area contributed by atoms with Crippen molar-refractivity contribution in [1.82, 2.24) is 5.43 Å². The molecule has 0 radical (unpaired) electrons. The predicted molar refractivity (Wildman–Crippen MR) is 77.8 cm³/mol. The van der Waals surface area contributed by atoms with Crippen LogP contribution in [-0.2, 0) is 0 Å². The lowest BCUT2D eigenvalue weighted by Crippen LogP contribution is -2.35. The minimum atomic E-state index is 0.313. The molecule has 0 aliphatic heterocycles. The normalized spacial score (nSPS) is 27.0. The molecule has 1 aromatic heterocycles. The molecular formula is C13H21BrN2S. The average molecular weight is 317 g/mol. The number of thiophene rings is 1. The zero-order valence-electron chi connectivity index (χ0n) is 10.3. The average Bonchev–Trinajstić information content (AvgIpc) is 2.78. The van der Waals surface area contributed by atoms with Crippen LogP contribution < -0.4 is 11.3 Å². The Morgan fingerprint density at radius 3 is 2.59 bits per heavy atom. The molecule has 0 spiro atoms. The molecule has 3 N–H and O–H groups in total. The van der Waals surface area contributed by atoms with Gasteiger partial charge in [-0.1, -0.05) is 26.2 Å². The summed E-state index contributed by atoms with van der Waals surface area (Å²) in [4.78, 5) is 0. The SMILES string of the molecule is CCC1CCC(C(NN)c2cscc2Br)CC1. The van der Waals surface area contributed by atoms with Gasteiger partial charge in [-0.15, -0.1) is 0 Å². The highest BCUT2D eigenvalue weighted by Gasteiger charge is 2.28. The van der Waals surface area contributed by atoms with Crippen LogP contribution in [0.5, 0.6) is 0 Å². The van der Waals surface area contributed by atoms with Crippen molar-refractivity contribution >= 4 is 27.3 Å². The molecule has 2 nitrogen and oxygen atoms in total. The Bertz CT molecular complexity index is 345. The standard InChI is InChI=1S/C13H21BrN2S/c1-2-9-3-5-10(6-4-9)13(16-15)11-7-17-8-12(11)14/h7-10,13,16H,2-6,15H2,1H3. The number of halogens is 1. The first-order valence-corrected chi connectivity index (χ1v) is 8.17. The molecule has 1 aliphatic carbocycles. The molecule has 4 heteroatoms. The molecule has 1 aromatic rings. The second kappa shape index (κ2) is 6.32. The lowest BCUT2D eigenvalue weighted by molar-refractivity contribution is 0.219. The summed E-state index contributed by atoms with van der Waals surface area (Å²) >= 11 is 5.35. The second-order valence-corrected chi connectivity index (χ2v) is 6.61. The van der Waals surface area contributed by atoms with Crippen molar-refractivity contribution in [2.45, 2.75) is 45.1 Å². The zero-order valence-corrected chi connectivity index (χ0v) is 12.7. The quantitative estimate of drug-likeness (QED) is 0.644. The van der Waals surface area contributed by atoms with Gasteiger partial charge in [0, 0.05) is 9.85 Å². The molecule has 1 heterocycles. The number of hydrazine groups is 1. The van der Waals surface area contributed by atoms with Gasteiger partial charge in [0.05, 0.1) is 6.04 Å². The van der Waals surface area contributed by atoms with E-state index in [1.165, 1.54) is 42.1 Å². The molecular weight excluding hydrogens is 296 g/mol. The lowest BCUT2D eigenvalue weighted by atomic mass is 9.76. The number of nitrogens with two attached hydrogens (primary N) is 1. The van der Waals surface area contributed by atoms with E-state index in [1.807, 2.05) is 0 Å². The van der Waals surface area contributed by atoms with Crippen LogP contribution in [0.25, 0.3) is 0 Å². The van der Waals surface area contributed by atoms with Crippen molar-refractivity contribution < 1.29 is 0 Å². The first-order valence-electron chi connectivity index (χ1n) is 6.44. The molecule has 0 amide bonds. The minimum absolute atomic E-state index is 0.313. The number of hydrogen-bond acceptors (Lipinski definition) is 3. The van der Waals surface area contributed by atoms with E-state index in [0.717, 1.165) is 5.92 Å². The Labute approximate surface area is 116 Å². The summed E-state index contributed by atoms with van der Waals surface area (Å²) in [5.74, 6) is 7.39. The van der Waals surface area contributed by atoms with Gasteiger partial charge in [-0.25, -0.2) is 0 Å². The molecule has 0 saturated heterocycles. The van der Waals surface area contributed by atoms with Crippen LogP contribution in [-0.4, -0.2) is 0 Å². The van der Waals surface area contributed by atoms with E-state index in [-0.39, 0.29) is 0 Å². The molecule has 17 heavy (non-hydrogen) atoms. The van der Waals surface area contributed by atoms with E-state index in [1.54, 1.807) is 11.3 Å². The Morgan fingerprint density at radius 2 is 2.12 bits per heavy atom. The summed E-state index contributed by atoms with van der Waals surface area (Å²) in [6, 6.07) is 0.313. The van der Waals surface area contributed by atoms with Crippen molar-refractivity contribution in [3.63, 3.8) is 0 Å². The number of hydrogen-bond donors (Lipinski definition) is 2. The van der Waals surface area contributed by atoms with Crippen molar-refractivity contribution in [2.24, 2.45) is 17.7 Å². The van der Waals surface area contributed by atoms with Crippen LogP contribution in [0.4, 0.5) is 0 Å². The highest BCUT2D eigenvalue weighted by Crippen LogP contribution is 2.40. The third-order valence-corrected chi connectivity index (χ3v) is 5.85. The molecule has 96 valence electrons. The van der Waals surface area contributed by atoms with Crippen molar-refractivity contribution in [3.05, 3.63) is 20.8 Å². The maximum atomic E-state index is 5.76. The van der Waals surface area contributed by atoms with Crippen LogP contribution >= 0.6 is 27.3 Å². The lowest BCUT2D eigenvalue weighted by Gasteiger charge is -2.33. The topological polar surface area (TPSA) is 38.0 Å². The van der Waals surface area contributed by atoms with Gasteiger partial charge in [0.15, 0.2) is 0 Å². The number of nitrogens with one attached hydrogen (secondary N) is 1. The highest BCUT2D eigenvalue weighted by atomic mass is 79.9. The summed E-state index contributed by atoms with van der Waals surface area (Å²) in [5.41, 5.74) is 4.36. The van der Waals surface area contributed by atoms with Gasteiger partial charge in [-0.05, 0) is 51.6 Å². The fourth-order valence-electron chi connectivity index (χ4n) is 2.92. The van der Waals surface area contributed by atoms with E-state index in [9.17, 15) is 0 Å². The van der Waals surface area contributed by atoms with E-state index < -0.39 is 0 Å². The third kappa shape index (κ3) is 3.11. The fourth-order valence-corrected chi connectivity index (χ4v) is 4.50. The fraction of sp³-hybridized carbons (Fsp3) is 0.692. The smallest absolute Gasteiger partial charge is 0.0507 e. The molecule has 1 saturated carbocycles. The Balaban J connectivity index is 2.03. The Hall–Kier alpha value is 0.100. The highest BCUT2D eigenvalue weighted by molar-refractivity contribution is 9.10. The minimum Gasteiger partial charge on any atom is -0.271 e. The van der Waals surface area contributed by atoms with Crippen molar-refractivity contribution in [3.8, 4) is 0 Å². The van der Waals surface area contributed by atoms with Gasteiger partial charge in [0.2, 0.25) is 0 Å². The number of rotatable bonds is 4. The van der Waals surface area contributed by atoms with Crippen molar-refractivity contribution in [1.29, 1.82) is 0 Å². The van der Waals surface area contributed by atoms with E-state index in [0.29, 0.717) is 12.0 Å². The molecule has 1 fully saturated rings. The van der Waals surface area contributed by atoms with Crippen LogP contribution in [0.3, 0.4) is 0 Å². The van der Waals surface area contributed by atoms with E-state index in [2.05, 4.69) is 39.0 Å². The van der Waals surface area contributed by atoms with Crippen LogP contribution in [0.15, 0.2) is 15.2 Å². The van der Waals surface area contributed by atoms with Crippen LogP contribution in [0.1, 0.15) is 50.6 Å². The van der Waals surface area contributed by atoms with E-state index >= 15 is 0 Å². The largest absolute Gasteiger partial charge is 0.271 e. The van der Waals surface area contributed by atoms with Gasteiger partial charge >= 0.3 is 0 Å². The molecule has 2 rings (SSSR count). The summed E-state index contributed by atoms with van der Waals surface area (Å²) in [6.07, 6.45) is 6.66. The Morgan fingerprint density at radius 1 is 1.41 bits per heavy atom. The first-order chi connectivity index (χ1) is 8.26. The van der Waals surface area contributed by atoms with Crippen molar-refractivity contribution in [2.75, 3.05) is 0 Å². The van der Waals surface area contributed by atoms with Gasteiger partial charge in [0.1, 0.15) is 0 Å². The molecule has 0 bridgehead atoms. The van der Waals surface area contributed by atoms with Gasteiger partial charge in [-0.2, -0.15) is 11.3 Å². The second-order valence-electron chi connectivity index (χ2n) is 5.01. The van der Waals surface area contributed by atoms with Gasteiger partial charge < -0.3 is 0 Å². The monoisotopic (exact) mass is 316 g/mol. The van der Waals surface area contributed by atoms with Crippen LogP contribution in [0, 0.1) is 11.8 Å². The zero-order chi connectivity index (χ0) is 12.3. The third-order valence-electron chi connectivity index (χ3n) is 4.10. The predicted octanol–water partition coefficient (Wildman–Crippen LogP) is 4.23. The molecule has 1 atom stereocenters. The first kappa shape index (κ1) is 13.5. The summed E-state index contributed by atoms with van der Waals surface area (Å²) in [6.45, 7) is 2.30. The molecule has 1 unspecified atom stereocenters. The van der Waals surface area contributed by atoms with Gasteiger partial charge in [-0.3, -0.25) is 11.3 Å². The maximum absolute atomic E-state index is 5.76. The van der Waals surface area contributed by atoms with E-state index in [4.69, 9.17) is 5.84 Å². The molecule has 0 aromatic carbocycles. The van der Waals surface area contributed by atoms with Gasteiger partial charge in [0.25, 0.3) is 0 Å². The maximum Gasteiger partial charge on any atom is 0.0507 e. The summed E-state index contributed by atoms with van der Waals surface area (Å²) in [5, 5.41) is 4.35. The summed E-state index contributed by atoms with van der Waals surface area (Å²) < 4.78 is 1.20. The Kier molecular flexibility index (Phi) is 5.03. The summed E-state index contributed by atoms with van der Waals surface area (Å²) in [7, 11) is 0.